The fourth-order valence-electron chi connectivity index (χ4n) is 4.48. The molecule has 0 fully saturated rings. The summed E-state index contributed by atoms with van der Waals surface area (Å²) in [5, 5.41) is 11.0. The van der Waals surface area contributed by atoms with Gasteiger partial charge in [-0.05, 0) is 53.8 Å². The minimum absolute atomic E-state index is 0.0151. The van der Waals surface area contributed by atoms with E-state index in [1.807, 2.05) is 71.4 Å². The van der Waals surface area contributed by atoms with Crippen LogP contribution in [0, 0.1) is 0 Å². The van der Waals surface area contributed by atoms with Crippen molar-refractivity contribution >= 4 is 17.8 Å². The Morgan fingerprint density at radius 2 is 1.58 bits per heavy atom. The number of rotatable bonds is 8. The normalized spacial score (nSPS) is 16.5. The Balaban J connectivity index is 1.38. The molecule has 8 heteroatoms. The number of hydrogen-bond acceptors (Lipinski definition) is 6. The van der Waals surface area contributed by atoms with E-state index in [1.165, 1.54) is 0 Å². The first-order valence-corrected chi connectivity index (χ1v) is 12.0. The van der Waals surface area contributed by atoms with E-state index in [4.69, 9.17) is 9.47 Å². The number of carbonyl (C=O) groups is 1. The molecule has 36 heavy (non-hydrogen) atoms. The number of amides is 1. The molecule has 0 radical (unpaired) electrons. The van der Waals surface area contributed by atoms with Crippen molar-refractivity contribution in [2.75, 3.05) is 24.9 Å². The Bertz CT molecular complexity index is 1300. The zero-order valence-corrected chi connectivity index (χ0v) is 20.3. The Morgan fingerprint density at radius 3 is 2.22 bits per heavy atom. The number of hydrogen-bond donors (Lipinski definition) is 2. The van der Waals surface area contributed by atoms with Gasteiger partial charge in [0.1, 0.15) is 11.5 Å². The summed E-state index contributed by atoms with van der Waals surface area (Å²) in [6, 6.07) is 25.9. The monoisotopic (exact) mass is 483 g/mol. The maximum atomic E-state index is 12.6. The van der Waals surface area contributed by atoms with Crippen molar-refractivity contribution in [3.8, 4) is 11.5 Å². The number of ether oxygens (including phenoxy) is 2. The summed E-state index contributed by atoms with van der Waals surface area (Å²) in [5.74, 6) is 2.40. The zero-order chi connectivity index (χ0) is 24.9. The first-order chi connectivity index (χ1) is 17.6. The highest BCUT2D eigenvalue weighted by Gasteiger charge is 2.31. The molecule has 0 saturated heterocycles. The van der Waals surface area contributed by atoms with E-state index in [1.54, 1.807) is 14.2 Å². The van der Waals surface area contributed by atoms with Crippen LogP contribution in [0.1, 0.15) is 41.6 Å². The van der Waals surface area contributed by atoms with Crippen molar-refractivity contribution in [2.45, 2.75) is 31.3 Å². The van der Waals surface area contributed by atoms with Gasteiger partial charge in [-0.2, -0.15) is 4.98 Å². The largest absolute Gasteiger partial charge is 0.497 e. The number of nitrogens with zero attached hydrogens (tertiary/aromatic N) is 3. The topological polar surface area (TPSA) is 90.3 Å². The van der Waals surface area contributed by atoms with Crippen molar-refractivity contribution in [2.24, 2.45) is 0 Å². The van der Waals surface area contributed by atoms with Crippen LogP contribution >= 0.6 is 0 Å². The summed E-state index contributed by atoms with van der Waals surface area (Å²) in [6.07, 6.45) is 1.78. The summed E-state index contributed by atoms with van der Waals surface area (Å²) in [6.45, 7) is 0. The second-order valence-electron chi connectivity index (χ2n) is 8.73. The lowest BCUT2D eigenvalue weighted by Gasteiger charge is -2.31. The maximum Gasteiger partial charge on any atom is 0.250 e. The molecule has 0 spiro atoms. The van der Waals surface area contributed by atoms with Crippen LogP contribution in [-0.2, 0) is 11.2 Å². The molecule has 4 aromatic rings. The molecule has 184 valence electrons. The third-order valence-corrected chi connectivity index (χ3v) is 6.44. The van der Waals surface area contributed by atoms with Crippen LogP contribution in [0.2, 0.25) is 0 Å². The molecular weight excluding hydrogens is 454 g/mol. The third-order valence-electron chi connectivity index (χ3n) is 6.44. The van der Waals surface area contributed by atoms with Gasteiger partial charge < -0.3 is 14.8 Å². The first kappa shape index (κ1) is 23.4. The van der Waals surface area contributed by atoms with Crippen LogP contribution in [0.15, 0.2) is 78.9 Å². The number of aryl methyl sites for hydroxylation is 1. The number of methoxy groups -OCH3 is 2. The Hall–Kier alpha value is -4.33. The first-order valence-electron chi connectivity index (χ1n) is 12.0. The van der Waals surface area contributed by atoms with E-state index in [0.29, 0.717) is 24.7 Å². The maximum absolute atomic E-state index is 12.6. The van der Waals surface area contributed by atoms with Crippen molar-refractivity contribution < 1.29 is 14.3 Å². The molecule has 8 nitrogen and oxygen atoms in total. The van der Waals surface area contributed by atoms with Crippen molar-refractivity contribution in [1.29, 1.82) is 0 Å². The van der Waals surface area contributed by atoms with Gasteiger partial charge in [0, 0.05) is 6.42 Å². The van der Waals surface area contributed by atoms with Crippen LogP contribution in [0.25, 0.3) is 0 Å². The predicted molar refractivity (Wildman–Crippen MR) is 139 cm³/mol. The fourth-order valence-corrected chi connectivity index (χ4v) is 4.48. The van der Waals surface area contributed by atoms with Crippen LogP contribution in [0.5, 0.6) is 11.5 Å². The molecule has 5 rings (SSSR count). The molecule has 1 aromatic heterocycles. The average molecular weight is 484 g/mol. The summed E-state index contributed by atoms with van der Waals surface area (Å²) in [7, 11) is 3.31. The number of benzene rings is 3. The number of aromatic nitrogens is 3. The van der Waals surface area contributed by atoms with Crippen molar-refractivity contribution in [3.63, 3.8) is 0 Å². The van der Waals surface area contributed by atoms with Gasteiger partial charge in [-0.1, -0.05) is 54.6 Å². The molecular formula is C28H29N5O3. The second kappa shape index (κ2) is 10.5. The van der Waals surface area contributed by atoms with Crippen molar-refractivity contribution in [3.05, 3.63) is 95.6 Å². The molecule has 2 heterocycles. The van der Waals surface area contributed by atoms with Gasteiger partial charge in [-0.25, -0.2) is 4.68 Å². The minimum Gasteiger partial charge on any atom is -0.497 e. The molecule has 2 N–H and O–H groups in total. The van der Waals surface area contributed by atoms with Crippen molar-refractivity contribution in [1.82, 2.24) is 14.8 Å². The highest BCUT2D eigenvalue weighted by Crippen LogP contribution is 2.39. The van der Waals surface area contributed by atoms with Crippen LogP contribution in [-0.4, -0.2) is 34.9 Å². The number of anilines is 2. The lowest BCUT2D eigenvalue weighted by Crippen LogP contribution is -2.28. The minimum atomic E-state index is -0.116. The van der Waals surface area contributed by atoms with Gasteiger partial charge in [0.15, 0.2) is 0 Å². The van der Waals surface area contributed by atoms with Crippen LogP contribution in [0.3, 0.4) is 0 Å². The molecule has 0 saturated carbocycles. The Kier molecular flexibility index (Phi) is 6.84. The number of nitrogens with one attached hydrogen (secondary N) is 2. The summed E-state index contributed by atoms with van der Waals surface area (Å²) in [4.78, 5) is 17.2. The van der Waals surface area contributed by atoms with Gasteiger partial charge in [0.25, 0.3) is 5.95 Å². The van der Waals surface area contributed by atoms with Crippen LogP contribution < -0.4 is 20.1 Å². The third kappa shape index (κ3) is 5.17. The van der Waals surface area contributed by atoms with Gasteiger partial charge in [-0.3, -0.25) is 10.1 Å². The van der Waals surface area contributed by atoms with E-state index in [-0.39, 0.29) is 18.0 Å². The quantitative estimate of drug-likeness (QED) is 0.366. The summed E-state index contributed by atoms with van der Waals surface area (Å²) < 4.78 is 12.5. The van der Waals surface area contributed by atoms with Gasteiger partial charge in [0.05, 0.1) is 26.3 Å². The zero-order valence-electron chi connectivity index (χ0n) is 20.3. The van der Waals surface area contributed by atoms with Gasteiger partial charge in [0.2, 0.25) is 11.9 Å². The SMILES string of the molecule is COc1ccc([C@@H]2C[C@@H](c3ccc(OC)cc3)n3nc(NC(=O)CCc4ccccc4)nc3N2)cc1. The summed E-state index contributed by atoms with van der Waals surface area (Å²) >= 11 is 0. The smallest absolute Gasteiger partial charge is 0.250 e. The Labute approximate surface area is 210 Å². The fraction of sp³-hybridized carbons (Fsp3) is 0.250. The molecule has 1 aliphatic heterocycles. The highest BCUT2D eigenvalue weighted by atomic mass is 16.5. The predicted octanol–water partition coefficient (Wildman–Crippen LogP) is 5.01. The lowest BCUT2D eigenvalue weighted by molar-refractivity contribution is -0.116. The van der Waals surface area contributed by atoms with E-state index in [9.17, 15) is 4.79 Å². The van der Waals surface area contributed by atoms with Gasteiger partial charge in [-0.15, -0.1) is 5.10 Å². The average Bonchev–Trinajstić information content (AvgIpc) is 3.34. The van der Waals surface area contributed by atoms with E-state index < -0.39 is 0 Å². The van der Waals surface area contributed by atoms with E-state index in [2.05, 4.69) is 32.8 Å². The molecule has 1 amide bonds. The van der Waals surface area contributed by atoms with E-state index in [0.717, 1.165) is 34.6 Å². The molecule has 3 aromatic carbocycles. The van der Waals surface area contributed by atoms with Crippen LogP contribution in [0.4, 0.5) is 11.9 Å². The standard InChI is InChI=1S/C28H29N5O3/c1-35-22-13-9-20(10-14-22)24-18-25(21-11-15-23(36-2)16-12-21)33-28(29-24)31-27(32-33)30-26(34)17-8-19-6-4-3-5-7-19/h3-7,9-16,24-25H,8,17-18H2,1-2H3,(H2,29,30,31,32,34)/t24-,25-/m0/s1. The number of fused-ring (bicyclic) bond motifs is 1. The van der Waals surface area contributed by atoms with E-state index >= 15 is 0 Å². The molecule has 0 aliphatic carbocycles. The summed E-state index contributed by atoms with van der Waals surface area (Å²) in [5.41, 5.74) is 3.33. The molecule has 1 aliphatic rings. The Morgan fingerprint density at radius 1 is 0.944 bits per heavy atom. The lowest BCUT2D eigenvalue weighted by atomic mass is 9.93. The second-order valence-corrected chi connectivity index (χ2v) is 8.73. The van der Waals surface area contributed by atoms with Gasteiger partial charge >= 0.3 is 0 Å². The number of carbonyl (C=O) groups excluding carboxylic acids is 1. The highest BCUT2D eigenvalue weighted by molar-refractivity contribution is 5.89. The molecule has 2 atom stereocenters. The molecule has 0 bridgehead atoms. The molecule has 0 unspecified atom stereocenters.